The zero-order valence-corrected chi connectivity index (χ0v) is 16.7. The number of carboxylic acids is 1. The number of methoxy groups -OCH3 is 1. The molecule has 2 aromatic carbocycles. The van der Waals surface area contributed by atoms with Crippen molar-refractivity contribution in [2.75, 3.05) is 12.4 Å². The van der Waals surface area contributed by atoms with E-state index in [2.05, 4.69) is 10.3 Å². The minimum atomic E-state index is -1.28. The van der Waals surface area contributed by atoms with Crippen molar-refractivity contribution >= 4 is 11.7 Å². The molecule has 6 heteroatoms. The van der Waals surface area contributed by atoms with Gasteiger partial charge in [-0.15, -0.1) is 0 Å². The highest BCUT2D eigenvalue weighted by Crippen LogP contribution is 2.25. The predicted octanol–water partition coefficient (Wildman–Crippen LogP) is 4.61. The van der Waals surface area contributed by atoms with E-state index in [1.807, 2.05) is 54.6 Å². The maximum atomic E-state index is 11.2. The average Bonchev–Trinajstić information content (AvgIpc) is 2.73. The fourth-order valence-electron chi connectivity index (χ4n) is 2.73. The second-order valence-electron chi connectivity index (χ2n) is 7.03. The lowest BCUT2D eigenvalue weighted by Crippen LogP contribution is -2.37. The van der Waals surface area contributed by atoms with Gasteiger partial charge in [-0.05, 0) is 50.2 Å². The van der Waals surface area contributed by atoms with Crippen LogP contribution in [-0.2, 0) is 11.3 Å². The molecule has 2 N–H and O–H groups in total. The molecule has 0 aliphatic carbocycles. The lowest BCUT2D eigenvalue weighted by molar-refractivity contribution is -0.152. The molecule has 0 atom stereocenters. The van der Waals surface area contributed by atoms with E-state index >= 15 is 0 Å². The van der Waals surface area contributed by atoms with Crippen molar-refractivity contribution in [1.82, 2.24) is 4.98 Å². The van der Waals surface area contributed by atoms with Crippen LogP contribution in [0.5, 0.6) is 11.6 Å². The van der Waals surface area contributed by atoms with Gasteiger partial charge >= 0.3 is 5.97 Å². The number of ether oxygens (including phenoxy) is 2. The molecular formula is C23H24N2O4. The van der Waals surface area contributed by atoms with E-state index < -0.39 is 11.6 Å². The van der Waals surface area contributed by atoms with Crippen molar-refractivity contribution in [2.45, 2.75) is 26.0 Å². The topological polar surface area (TPSA) is 80.7 Å². The molecule has 0 unspecified atom stereocenters. The van der Waals surface area contributed by atoms with Gasteiger partial charge in [0.1, 0.15) is 5.75 Å². The van der Waals surface area contributed by atoms with E-state index in [0.717, 1.165) is 22.5 Å². The van der Waals surface area contributed by atoms with Crippen molar-refractivity contribution in [2.24, 2.45) is 0 Å². The molecule has 0 fully saturated rings. The van der Waals surface area contributed by atoms with Crippen LogP contribution in [0.3, 0.4) is 0 Å². The van der Waals surface area contributed by atoms with Gasteiger partial charge in [-0.1, -0.05) is 30.3 Å². The molecule has 0 saturated heterocycles. The van der Waals surface area contributed by atoms with Gasteiger partial charge in [-0.25, -0.2) is 9.78 Å². The summed E-state index contributed by atoms with van der Waals surface area (Å²) in [5, 5.41) is 12.5. The Hall–Kier alpha value is -3.54. The summed E-state index contributed by atoms with van der Waals surface area (Å²) in [7, 11) is 1.61. The van der Waals surface area contributed by atoms with Crippen molar-refractivity contribution in [3.05, 3.63) is 72.3 Å². The summed E-state index contributed by atoms with van der Waals surface area (Å²) >= 11 is 0. The highest BCUT2D eigenvalue weighted by Gasteiger charge is 2.29. The molecule has 1 aromatic heterocycles. The molecule has 0 saturated carbocycles. The Morgan fingerprint density at radius 2 is 1.72 bits per heavy atom. The van der Waals surface area contributed by atoms with Crippen LogP contribution in [0.4, 0.5) is 5.69 Å². The molecule has 0 aliphatic heterocycles. The number of hydrogen-bond donors (Lipinski definition) is 2. The number of aliphatic carboxylic acids is 1. The Morgan fingerprint density at radius 3 is 2.34 bits per heavy atom. The third-order valence-corrected chi connectivity index (χ3v) is 4.43. The van der Waals surface area contributed by atoms with Crippen molar-refractivity contribution in [3.8, 4) is 22.9 Å². The van der Waals surface area contributed by atoms with Crippen LogP contribution in [0, 0.1) is 0 Å². The minimum Gasteiger partial charge on any atom is -0.481 e. The number of anilines is 1. The van der Waals surface area contributed by atoms with Gasteiger partial charge in [-0.2, -0.15) is 0 Å². The van der Waals surface area contributed by atoms with Crippen molar-refractivity contribution < 1.29 is 19.4 Å². The van der Waals surface area contributed by atoms with Gasteiger partial charge in [-0.3, -0.25) is 0 Å². The van der Waals surface area contributed by atoms with E-state index in [9.17, 15) is 4.79 Å². The van der Waals surface area contributed by atoms with Crippen LogP contribution < -0.4 is 14.8 Å². The second-order valence-corrected chi connectivity index (χ2v) is 7.03. The molecule has 3 aromatic rings. The maximum Gasteiger partial charge on any atom is 0.347 e. The lowest BCUT2D eigenvalue weighted by Gasteiger charge is -2.21. The molecule has 0 bridgehead atoms. The van der Waals surface area contributed by atoms with E-state index in [1.165, 1.54) is 13.8 Å². The Bertz CT molecular complexity index is 970. The highest BCUT2D eigenvalue weighted by molar-refractivity contribution is 5.76. The Morgan fingerprint density at radius 1 is 1.03 bits per heavy atom. The van der Waals surface area contributed by atoms with Crippen molar-refractivity contribution in [1.29, 1.82) is 0 Å². The van der Waals surface area contributed by atoms with Gasteiger partial charge in [0.25, 0.3) is 0 Å². The highest BCUT2D eigenvalue weighted by atomic mass is 16.5. The largest absolute Gasteiger partial charge is 0.481 e. The fourth-order valence-corrected chi connectivity index (χ4v) is 2.73. The van der Waals surface area contributed by atoms with E-state index in [-0.39, 0.29) is 0 Å². The normalized spacial score (nSPS) is 11.0. The zero-order chi connectivity index (χ0) is 20.9. The summed E-state index contributed by atoms with van der Waals surface area (Å²) in [6.45, 7) is 3.56. The third-order valence-electron chi connectivity index (χ3n) is 4.43. The van der Waals surface area contributed by atoms with Crippen LogP contribution in [0.25, 0.3) is 11.3 Å². The van der Waals surface area contributed by atoms with E-state index in [0.29, 0.717) is 18.2 Å². The van der Waals surface area contributed by atoms with Gasteiger partial charge in [0, 0.05) is 23.4 Å². The summed E-state index contributed by atoms with van der Waals surface area (Å²) < 4.78 is 11.0. The monoisotopic (exact) mass is 392 g/mol. The lowest BCUT2D eigenvalue weighted by atomic mass is 10.1. The Balaban J connectivity index is 1.67. The smallest absolute Gasteiger partial charge is 0.347 e. The maximum absolute atomic E-state index is 11.2. The Kier molecular flexibility index (Phi) is 6.02. The predicted molar refractivity (Wildman–Crippen MR) is 112 cm³/mol. The summed E-state index contributed by atoms with van der Waals surface area (Å²) in [6.07, 6.45) is 0. The van der Waals surface area contributed by atoms with Crippen LogP contribution in [0.15, 0.2) is 66.7 Å². The first-order chi connectivity index (χ1) is 13.9. The SMILES string of the molecule is COc1nc(-c2ccccc2)ccc1CNc1ccc(OC(C)(C)C(=O)O)cc1. The average molecular weight is 392 g/mol. The van der Waals surface area contributed by atoms with Gasteiger partial charge < -0.3 is 19.9 Å². The van der Waals surface area contributed by atoms with E-state index in [4.69, 9.17) is 14.6 Å². The van der Waals surface area contributed by atoms with Gasteiger partial charge in [0.2, 0.25) is 5.88 Å². The first kappa shape index (κ1) is 20.2. The van der Waals surface area contributed by atoms with E-state index in [1.54, 1.807) is 19.2 Å². The number of rotatable bonds is 8. The van der Waals surface area contributed by atoms with Crippen LogP contribution in [0.1, 0.15) is 19.4 Å². The molecule has 6 nitrogen and oxygen atoms in total. The first-order valence-electron chi connectivity index (χ1n) is 9.25. The standard InChI is InChI=1S/C23H24N2O4/c1-23(2,22(26)27)29-19-12-10-18(11-13-19)24-15-17-9-14-20(25-21(17)28-3)16-7-5-4-6-8-16/h4-14,24H,15H2,1-3H3,(H,26,27). The van der Waals surface area contributed by atoms with Gasteiger partial charge in [0.05, 0.1) is 12.8 Å². The summed E-state index contributed by atoms with van der Waals surface area (Å²) in [6, 6.07) is 21.1. The molecule has 29 heavy (non-hydrogen) atoms. The first-order valence-corrected chi connectivity index (χ1v) is 9.25. The summed E-state index contributed by atoms with van der Waals surface area (Å²) in [5.74, 6) is 0.0506. The van der Waals surface area contributed by atoms with Gasteiger partial charge in [0.15, 0.2) is 5.60 Å². The molecule has 0 amide bonds. The second kappa shape index (κ2) is 8.65. The van der Waals surface area contributed by atoms with Crippen LogP contribution in [0.2, 0.25) is 0 Å². The molecule has 1 heterocycles. The molecule has 0 aliphatic rings. The third kappa shape index (κ3) is 5.04. The molecule has 3 rings (SSSR count). The summed E-state index contributed by atoms with van der Waals surface area (Å²) in [4.78, 5) is 15.8. The number of carboxylic acid groups (broad SMARTS) is 1. The number of pyridine rings is 1. The zero-order valence-electron chi connectivity index (χ0n) is 16.7. The number of benzene rings is 2. The molecule has 0 spiro atoms. The minimum absolute atomic E-state index is 0.495. The molecular weight excluding hydrogens is 368 g/mol. The number of aromatic nitrogens is 1. The van der Waals surface area contributed by atoms with Crippen molar-refractivity contribution in [3.63, 3.8) is 0 Å². The van der Waals surface area contributed by atoms with Crippen LogP contribution >= 0.6 is 0 Å². The van der Waals surface area contributed by atoms with Crippen LogP contribution in [-0.4, -0.2) is 28.8 Å². The number of nitrogens with one attached hydrogen (secondary N) is 1. The Labute approximate surface area is 170 Å². The number of hydrogen-bond acceptors (Lipinski definition) is 5. The summed E-state index contributed by atoms with van der Waals surface area (Å²) in [5.41, 5.74) is 2.41. The number of nitrogens with zero attached hydrogens (tertiary/aromatic N) is 1. The fraction of sp³-hybridized carbons (Fsp3) is 0.217. The molecule has 150 valence electrons. The molecule has 0 radical (unpaired) electrons. The quantitative estimate of drug-likeness (QED) is 0.583. The number of carbonyl (C=O) groups is 1.